The molecule has 1 aromatic heterocycles. The van der Waals surface area contributed by atoms with E-state index >= 15 is 0 Å². The number of ether oxygens (including phenoxy) is 1. The average Bonchev–Trinajstić information content (AvgIpc) is 3.99. The van der Waals surface area contributed by atoms with Crippen molar-refractivity contribution >= 4 is 39.0 Å². The average molecular weight is 830 g/mol. The van der Waals surface area contributed by atoms with Crippen molar-refractivity contribution in [3.8, 4) is 33.8 Å². The fourth-order valence-electron chi connectivity index (χ4n) is 11.9. The van der Waals surface area contributed by atoms with Gasteiger partial charge in [0.05, 0.1) is 16.5 Å². The molecule has 0 saturated carbocycles. The summed E-state index contributed by atoms with van der Waals surface area (Å²) in [6.07, 6.45) is 0. The van der Waals surface area contributed by atoms with Crippen LogP contribution in [0, 0.1) is 0 Å². The summed E-state index contributed by atoms with van der Waals surface area (Å²) in [4.78, 5) is 2.48. The van der Waals surface area contributed by atoms with Crippen LogP contribution in [-0.4, -0.2) is 0 Å². The SMILES string of the molecule is c1ccc(C2(c3ccccc3N(c3ccc4c(c3)C3(c5ccccc5Oc5ccccc53)c3ccccc3-4)c3ccc4c(c3)oc3ccccc34)c3ccccc3-c3ccccc32)cc1. The van der Waals surface area contributed by atoms with Crippen LogP contribution in [0.15, 0.2) is 241 Å². The van der Waals surface area contributed by atoms with Gasteiger partial charge in [0.2, 0.25) is 0 Å². The molecule has 0 unspecified atom stereocenters. The molecule has 0 amide bonds. The molecule has 0 saturated heterocycles. The van der Waals surface area contributed by atoms with Gasteiger partial charge in [0.15, 0.2) is 0 Å². The Bertz CT molecular complexity index is 3640. The third-order valence-corrected chi connectivity index (χ3v) is 14.4. The molecule has 0 radical (unpaired) electrons. The van der Waals surface area contributed by atoms with E-state index in [1.54, 1.807) is 0 Å². The molecule has 2 heterocycles. The number of fused-ring (bicyclic) bond motifs is 15. The zero-order valence-electron chi connectivity index (χ0n) is 35.3. The van der Waals surface area contributed by atoms with Crippen molar-refractivity contribution in [1.82, 2.24) is 0 Å². The smallest absolute Gasteiger partial charge is 0.137 e. The van der Waals surface area contributed by atoms with Crippen LogP contribution in [0.2, 0.25) is 0 Å². The maximum absolute atomic E-state index is 6.74. The number of para-hydroxylation sites is 4. The van der Waals surface area contributed by atoms with Crippen LogP contribution in [0.3, 0.4) is 0 Å². The standard InChI is InChI=1S/C62H39NO2/c1-2-18-40(19-3-1)61(49-24-8-4-20-43(49)44-21-5-9-25-50(44)61)52-27-11-14-30-56(52)63(42-35-37-48-47-23-7-15-31-57(47)64-60(48)39-42)41-34-36-46-45-22-6-10-26-51(45)62(55(46)38-41)53-28-12-16-32-58(53)65-59-33-17-13-29-54(59)62/h1-39H. The molecule has 0 N–H and O–H groups in total. The van der Waals surface area contributed by atoms with E-state index in [4.69, 9.17) is 9.15 Å². The molecule has 0 bridgehead atoms. The molecule has 3 heteroatoms. The number of hydrogen-bond donors (Lipinski definition) is 0. The van der Waals surface area contributed by atoms with Crippen LogP contribution in [0.5, 0.6) is 11.5 Å². The van der Waals surface area contributed by atoms with Gasteiger partial charge < -0.3 is 14.1 Å². The molecule has 3 nitrogen and oxygen atoms in total. The molecule has 0 fully saturated rings. The number of hydrogen-bond acceptors (Lipinski definition) is 3. The van der Waals surface area contributed by atoms with Crippen LogP contribution in [0.25, 0.3) is 44.2 Å². The first kappa shape index (κ1) is 36.1. The fourth-order valence-corrected chi connectivity index (χ4v) is 11.9. The quantitative estimate of drug-likeness (QED) is 0.173. The summed E-state index contributed by atoms with van der Waals surface area (Å²) in [6.45, 7) is 0. The fraction of sp³-hybridized carbons (Fsp3) is 0.0323. The summed E-state index contributed by atoms with van der Waals surface area (Å²) < 4.78 is 13.4. The highest BCUT2D eigenvalue weighted by molar-refractivity contribution is 6.06. The van der Waals surface area contributed by atoms with E-state index in [0.717, 1.165) is 61.6 Å². The van der Waals surface area contributed by atoms with Crippen LogP contribution < -0.4 is 9.64 Å². The van der Waals surface area contributed by atoms with E-state index in [0.29, 0.717) is 0 Å². The predicted octanol–water partition coefficient (Wildman–Crippen LogP) is 15.9. The van der Waals surface area contributed by atoms with Crippen molar-refractivity contribution in [3.63, 3.8) is 0 Å². The molecule has 1 spiro atoms. The topological polar surface area (TPSA) is 25.6 Å². The van der Waals surface area contributed by atoms with Crippen molar-refractivity contribution in [3.05, 3.63) is 281 Å². The highest BCUT2D eigenvalue weighted by Crippen LogP contribution is 2.64. The third kappa shape index (κ3) is 4.79. The van der Waals surface area contributed by atoms with E-state index in [-0.39, 0.29) is 0 Å². The first-order valence-corrected chi connectivity index (χ1v) is 22.4. The summed E-state index contributed by atoms with van der Waals surface area (Å²) in [7, 11) is 0. The Hall–Kier alpha value is -8.40. The zero-order valence-corrected chi connectivity index (χ0v) is 35.3. The summed E-state index contributed by atoms with van der Waals surface area (Å²) in [5.41, 5.74) is 18.3. The summed E-state index contributed by atoms with van der Waals surface area (Å²) in [5, 5.41) is 2.20. The minimum atomic E-state index is -0.639. The van der Waals surface area contributed by atoms with E-state index in [9.17, 15) is 0 Å². The summed E-state index contributed by atoms with van der Waals surface area (Å²) >= 11 is 0. The van der Waals surface area contributed by atoms with Crippen molar-refractivity contribution in [2.45, 2.75) is 10.8 Å². The van der Waals surface area contributed by atoms with E-state index in [1.165, 1.54) is 55.6 Å². The predicted molar refractivity (Wildman–Crippen MR) is 263 cm³/mol. The van der Waals surface area contributed by atoms with Crippen molar-refractivity contribution < 1.29 is 9.15 Å². The highest BCUT2D eigenvalue weighted by Gasteiger charge is 2.52. The Morgan fingerprint density at radius 1 is 0.308 bits per heavy atom. The molecule has 304 valence electrons. The molecule has 2 aliphatic carbocycles. The molecular weight excluding hydrogens is 791 g/mol. The second-order valence-electron chi connectivity index (χ2n) is 17.5. The lowest BCUT2D eigenvalue weighted by Crippen LogP contribution is -2.32. The molecule has 10 aromatic carbocycles. The zero-order chi connectivity index (χ0) is 42.7. The first-order chi connectivity index (χ1) is 32.2. The van der Waals surface area contributed by atoms with Gasteiger partial charge in [0.25, 0.3) is 0 Å². The van der Waals surface area contributed by atoms with Gasteiger partial charge in [-0.3, -0.25) is 0 Å². The van der Waals surface area contributed by atoms with Gasteiger partial charge in [-0.2, -0.15) is 0 Å². The number of nitrogens with zero attached hydrogens (tertiary/aromatic N) is 1. The van der Waals surface area contributed by atoms with E-state index in [2.05, 4.69) is 235 Å². The van der Waals surface area contributed by atoms with Gasteiger partial charge in [-0.1, -0.05) is 182 Å². The van der Waals surface area contributed by atoms with Gasteiger partial charge in [-0.15, -0.1) is 0 Å². The second kappa shape index (κ2) is 13.6. The van der Waals surface area contributed by atoms with Crippen LogP contribution >= 0.6 is 0 Å². The Kier molecular flexibility index (Phi) is 7.53. The minimum Gasteiger partial charge on any atom is -0.457 e. The number of benzene rings is 10. The lowest BCUT2D eigenvalue weighted by Gasteiger charge is -2.40. The Morgan fingerprint density at radius 3 is 1.46 bits per heavy atom. The van der Waals surface area contributed by atoms with Crippen LogP contribution in [-0.2, 0) is 10.8 Å². The van der Waals surface area contributed by atoms with Crippen molar-refractivity contribution in [1.29, 1.82) is 0 Å². The molecule has 0 atom stereocenters. The number of furan rings is 1. The summed E-state index contributed by atoms with van der Waals surface area (Å²) in [6, 6.07) is 86.4. The molecule has 14 rings (SSSR count). The maximum atomic E-state index is 6.74. The van der Waals surface area contributed by atoms with Gasteiger partial charge >= 0.3 is 0 Å². The molecule has 11 aromatic rings. The molecule has 3 aliphatic rings. The Labute approximate surface area is 377 Å². The summed E-state index contributed by atoms with van der Waals surface area (Å²) in [5.74, 6) is 1.75. The molecular formula is C62H39NO2. The largest absolute Gasteiger partial charge is 0.457 e. The molecule has 1 aliphatic heterocycles. The van der Waals surface area contributed by atoms with Gasteiger partial charge in [0, 0.05) is 39.3 Å². The number of rotatable bonds is 5. The Balaban J connectivity index is 1.09. The van der Waals surface area contributed by atoms with Crippen molar-refractivity contribution in [2.75, 3.05) is 4.90 Å². The number of anilines is 3. The minimum absolute atomic E-state index is 0.629. The van der Waals surface area contributed by atoms with Gasteiger partial charge in [-0.05, 0) is 104 Å². The second-order valence-corrected chi connectivity index (χ2v) is 17.5. The lowest BCUT2D eigenvalue weighted by atomic mass is 9.66. The van der Waals surface area contributed by atoms with Gasteiger partial charge in [0.1, 0.15) is 22.7 Å². The molecule has 65 heavy (non-hydrogen) atoms. The highest BCUT2D eigenvalue weighted by atomic mass is 16.5. The van der Waals surface area contributed by atoms with Crippen LogP contribution in [0.1, 0.15) is 44.5 Å². The van der Waals surface area contributed by atoms with Crippen molar-refractivity contribution in [2.24, 2.45) is 0 Å². The first-order valence-electron chi connectivity index (χ1n) is 22.4. The van der Waals surface area contributed by atoms with E-state index in [1.807, 2.05) is 6.07 Å². The van der Waals surface area contributed by atoms with Crippen LogP contribution in [0.4, 0.5) is 17.1 Å². The van der Waals surface area contributed by atoms with E-state index < -0.39 is 10.8 Å². The monoisotopic (exact) mass is 829 g/mol. The lowest BCUT2D eigenvalue weighted by molar-refractivity contribution is 0.436. The third-order valence-electron chi connectivity index (χ3n) is 14.4. The normalized spacial score (nSPS) is 14.2. The Morgan fingerprint density at radius 2 is 0.785 bits per heavy atom. The maximum Gasteiger partial charge on any atom is 0.137 e. The van der Waals surface area contributed by atoms with Gasteiger partial charge in [-0.25, -0.2) is 0 Å².